The molecule has 0 saturated heterocycles. The monoisotopic (exact) mass is 189 g/mol. The third-order valence-corrected chi connectivity index (χ3v) is 1.62. The zero-order valence-corrected chi connectivity index (χ0v) is 6.97. The first-order valence-electron chi connectivity index (χ1n) is 2.71. The van der Waals surface area contributed by atoms with Crippen molar-refractivity contribution in [3.8, 4) is 0 Å². The van der Waals surface area contributed by atoms with E-state index in [1.807, 2.05) is 0 Å². The van der Waals surface area contributed by atoms with Gasteiger partial charge in [0.2, 0.25) is 0 Å². The first-order chi connectivity index (χ1) is 3.79. The maximum atomic E-state index is 10.3. The molecular weight excluding hydrogens is 183 g/mol. The second-order valence-electron chi connectivity index (χ2n) is 1.96. The minimum atomic E-state index is -0.0538. The standard InChI is InChI=1S/C5H7O2.Zr/c6-4-7-5-2-1-3-5;/h5H,1-3H2;. The van der Waals surface area contributed by atoms with Crippen LogP contribution in [0.3, 0.4) is 0 Å². The summed E-state index contributed by atoms with van der Waals surface area (Å²) in [6.45, 7) is 0. The molecule has 1 aliphatic rings. The third-order valence-electron chi connectivity index (χ3n) is 1.33. The molecule has 0 bridgehead atoms. The molecule has 0 radical (unpaired) electrons. The molecule has 0 heterocycles. The molecule has 0 aromatic rings. The molecule has 1 rings (SSSR count). The van der Waals surface area contributed by atoms with Crippen molar-refractivity contribution in [2.75, 3.05) is 0 Å². The van der Waals surface area contributed by atoms with E-state index in [2.05, 4.69) is 0 Å². The van der Waals surface area contributed by atoms with Gasteiger partial charge in [0.25, 0.3) is 0 Å². The molecule has 0 unspecified atom stereocenters. The van der Waals surface area contributed by atoms with Gasteiger partial charge in [0.1, 0.15) is 0 Å². The molecule has 0 N–H and O–H groups in total. The second kappa shape index (κ2) is 2.77. The van der Waals surface area contributed by atoms with Crippen LogP contribution in [0, 0.1) is 0 Å². The summed E-state index contributed by atoms with van der Waals surface area (Å²) < 4.78 is 4.83. The minimum absolute atomic E-state index is 0.0538. The Morgan fingerprint density at radius 1 is 1.62 bits per heavy atom. The van der Waals surface area contributed by atoms with Crippen molar-refractivity contribution in [1.29, 1.82) is 0 Å². The SMILES string of the molecule is O=[C]([Zr])OC1CCC1. The van der Waals surface area contributed by atoms with E-state index in [0.29, 0.717) is 0 Å². The number of carbonyl (C=O) groups excluding carboxylic acids is 1. The molecule has 0 aromatic carbocycles. The van der Waals surface area contributed by atoms with Crippen LogP contribution in [0.1, 0.15) is 19.3 Å². The first kappa shape index (κ1) is 6.47. The van der Waals surface area contributed by atoms with Crippen molar-refractivity contribution in [2.45, 2.75) is 25.4 Å². The maximum absolute atomic E-state index is 10.3. The van der Waals surface area contributed by atoms with Gasteiger partial charge in [-0.15, -0.1) is 0 Å². The fraction of sp³-hybridized carbons (Fsp3) is 0.800. The van der Waals surface area contributed by atoms with Crippen LogP contribution >= 0.6 is 0 Å². The molecule has 1 fully saturated rings. The zero-order valence-electron chi connectivity index (χ0n) is 4.52. The third kappa shape index (κ3) is 1.70. The van der Waals surface area contributed by atoms with Crippen LogP contribution in [-0.4, -0.2) is 9.78 Å². The number of hydrogen-bond donors (Lipinski definition) is 0. The number of rotatable bonds is 1. The van der Waals surface area contributed by atoms with E-state index < -0.39 is 0 Å². The summed E-state index contributed by atoms with van der Waals surface area (Å²) in [5, 5.41) is 0. The van der Waals surface area contributed by atoms with Crippen molar-refractivity contribution in [3.05, 3.63) is 0 Å². The molecule has 43 valence electrons. The fourth-order valence-corrected chi connectivity index (χ4v) is 1.05. The van der Waals surface area contributed by atoms with Crippen molar-refractivity contribution in [3.63, 3.8) is 0 Å². The Labute approximate surface area is 63.4 Å². The Kier molecular flexibility index (Phi) is 2.24. The summed E-state index contributed by atoms with van der Waals surface area (Å²) in [5.74, 6) is 0. The van der Waals surface area contributed by atoms with Gasteiger partial charge in [0.05, 0.1) is 0 Å². The van der Waals surface area contributed by atoms with E-state index in [4.69, 9.17) is 4.74 Å². The van der Waals surface area contributed by atoms with E-state index in [1.54, 1.807) is 0 Å². The molecule has 0 aromatic heterocycles. The molecular formula is C5H7O2Zr. The Balaban J connectivity index is 2.09. The Morgan fingerprint density at radius 3 is 2.38 bits per heavy atom. The molecule has 0 aliphatic heterocycles. The number of hydrogen-bond acceptors (Lipinski definition) is 2. The average Bonchev–Trinajstić information content (AvgIpc) is 1.55. The molecule has 0 spiro atoms. The molecule has 0 atom stereocenters. The summed E-state index contributed by atoms with van der Waals surface area (Å²) in [4.78, 5) is 10.3. The van der Waals surface area contributed by atoms with Crippen LogP contribution in [0.25, 0.3) is 0 Å². The van der Waals surface area contributed by atoms with E-state index in [-0.39, 0.29) is 9.78 Å². The van der Waals surface area contributed by atoms with Crippen LogP contribution < -0.4 is 0 Å². The molecule has 1 saturated carbocycles. The predicted octanol–water partition coefficient (Wildman–Crippen LogP) is 1.22. The van der Waals surface area contributed by atoms with Crippen molar-refractivity contribution in [2.24, 2.45) is 0 Å². The van der Waals surface area contributed by atoms with Gasteiger partial charge in [-0.05, 0) is 0 Å². The van der Waals surface area contributed by atoms with Crippen LogP contribution in [0.4, 0.5) is 4.79 Å². The second-order valence-corrected chi connectivity index (χ2v) is 2.96. The van der Waals surface area contributed by atoms with Gasteiger partial charge in [-0.1, -0.05) is 0 Å². The fourth-order valence-electron chi connectivity index (χ4n) is 0.640. The molecule has 0 amide bonds. The Bertz CT molecular complexity index is 98.6. The molecule has 2 nitrogen and oxygen atoms in total. The van der Waals surface area contributed by atoms with Crippen LogP contribution in [0.15, 0.2) is 0 Å². The predicted molar refractivity (Wildman–Crippen MR) is 24.1 cm³/mol. The average molecular weight is 190 g/mol. The van der Waals surface area contributed by atoms with Gasteiger partial charge in [0.15, 0.2) is 0 Å². The Hall–Kier alpha value is 0.353. The Morgan fingerprint density at radius 2 is 2.25 bits per heavy atom. The summed E-state index contributed by atoms with van der Waals surface area (Å²) in [5.41, 5.74) is 0. The zero-order chi connectivity index (χ0) is 5.98. The van der Waals surface area contributed by atoms with Gasteiger partial charge in [-0.25, -0.2) is 0 Å². The molecule has 3 heteroatoms. The van der Waals surface area contributed by atoms with Crippen molar-refractivity contribution < 1.29 is 34.3 Å². The van der Waals surface area contributed by atoms with Gasteiger partial charge in [-0.3, -0.25) is 0 Å². The van der Waals surface area contributed by atoms with E-state index in [0.717, 1.165) is 37.6 Å². The number of carbonyl (C=O) groups is 1. The van der Waals surface area contributed by atoms with Crippen molar-refractivity contribution in [1.82, 2.24) is 0 Å². The molecule has 8 heavy (non-hydrogen) atoms. The summed E-state index contributed by atoms with van der Waals surface area (Å²) >= 11 is 0.865. The topological polar surface area (TPSA) is 26.3 Å². The van der Waals surface area contributed by atoms with Crippen LogP contribution in [0.2, 0.25) is 0 Å². The van der Waals surface area contributed by atoms with E-state index >= 15 is 0 Å². The van der Waals surface area contributed by atoms with Crippen LogP contribution in [0.5, 0.6) is 0 Å². The van der Waals surface area contributed by atoms with Gasteiger partial charge in [-0.2, -0.15) is 0 Å². The van der Waals surface area contributed by atoms with E-state index in [9.17, 15) is 4.79 Å². The summed E-state index contributed by atoms with van der Waals surface area (Å²) in [6.07, 6.45) is 3.68. The van der Waals surface area contributed by atoms with Crippen LogP contribution in [-0.2, 0) is 29.5 Å². The van der Waals surface area contributed by atoms with Gasteiger partial charge in [0, 0.05) is 0 Å². The summed E-state index contributed by atoms with van der Waals surface area (Å²) in [6, 6.07) is 0. The molecule has 1 aliphatic carbocycles. The number of ether oxygens (including phenoxy) is 1. The van der Waals surface area contributed by atoms with Crippen molar-refractivity contribution >= 4 is 3.68 Å². The quantitative estimate of drug-likeness (QED) is 0.621. The van der Waals surface area contributed by atoms with Gasteiger partial charge >= 0.3 is 63.3 Å². The normalized spacial score (nSPS) is 19.4. The van der Waals surface area contributed by atoms with E-state index in [1.165, 1.54) is 6.42 Å². The summed E-state index contributed by atoms with van der Waals surface area (Å²) in [7, 11) is 0. The first-order valence-corrected chi connectivity index (χ1v) is 3.94. The van der Waals surface area contributed by atoms with Gasteiger partial charge < -0.3 is 0 Å².